The molecule has 1 aromatic rings. The van der Waals surface area contributed by atoms with Crippen molar-refractivity contribution in [1.82, 2.24) is 0 Å². The zero-order chi connectivity index (χ0) is 18.1. The first kappa shape index (κ1) is 18.5. The Bertz CT molecular complexity index is 584. The number of hydrogen-bond donors (Lipinski definition) is 0. The van der Waals surface area contributed by atoms with Crippen LogP contribution in [0.25, 0.3) is 0 Å². The lowest BCUT2D eigenvalue weighted by Crippen LogP contribution is -2.35. The minimum Gasteiger partial charge on any atom is -0.207 e. The van der Waals surface area contributed by atoms with Gasteiger partial charge in [-0.15, -0.1) is 0 Å². The third kappa shape index (κ3) is 4.02. The second kappa shape index (κ2) is 8.03. The van der Waals surface area contributed by atoms with E-state index in [1.807, 2.05) is 6.07 Å². The van der Waals surface area contributed by atoms with Crippen molar-refractivity contribution in [3.63, 3.8) is 0 Å². The monoisotopic (exact) mass is 356 g/mol. The smallest absolute Gasteiger partial charge is 0.123 e. The van der Waals surface area contributed by atoms with Crippen LogP contribution in [0.2, 0.25) is 0 Å². The molecule has 0 spiro atoms. The third-order valence-corrected chi connectivity index (χ3v) is 8.40. The minimum absolute atomic E-state index is 0.0695. The maximum Gasteiger partial charge on any atom is 0.123 e. The standard InChI is InChI=1S/C25H37F/c1-17(2)20-10-11-24-15-22(12-13-23(24)14-20)19-8-6-18(7-9-19)21-4-3-5-25(26)16-21/h3-5,16-20,22-24H,6-15H2,1-2H3/t18?,19?,20-,22+,23-,24+/m0/s1. The van der Waals surface area contributed by atoms with Gasteiger partial charge in [0, 0.05) is 0 Å². The molecule has 0 heterocycles. The molecule has 3 saturated carbocycles. The maximum atomic E-state index is 13.5. The zero-order valence-electron chi connectivity index (χ0n) is 16.8. The number of hydrogen-bond acceptors (Lipinski definition) is 0. The fourth-order valence-electron chi connectivity index (χ4n) is 6.68. The molecule has 0 aromatic heterocycles. The Kier molecular flexibility index (Phi) is 5.72. The van der Waals surface area contributed by atoms with Gasteiger partial charge in [0.1, 0.15) is 5.82 Å². The van der Waals surface area contributed by atoms with Crippen molar-refractivity contribution in [2.75, 3.05) is 0 Å². The van der Waals surface area contributed by atoms with Crippen molar-refractivity contribution in [1.29, 1.82) is 0 Å². The lowest BCUT2D eigenvalue weighted by molar-refractivity contribution is 0.0534. The van der Waals surface area contributed by atoms with Crippen LogP contribution in [0, 0.1) is 41.3 Å². The molecule has 4 atom stereocenters. The zero-order valence-corrected chi connectivity index (χ0v) is 16.8. The Labute approximate surface area is 160 Å². The van der Waals surface area contributed by atoms with Gasteiger partial charge in [-0.05, 0) is 123 Å². The van der Waals surface area contributed by atoms with Crippen molar-refractivity contribution < 1.29 is 4.39 Å². The molecule has 0 N–H and O–H groups in total. The summed E-state index contributed by atoms with van der Waals surface area (Å²) in [5, 5.41) is 0. The van der Waals surface area contributed by atoms with Crippen LogP contribution in [0.4, 0.5) is 4.39 Å². The Morgan fingerprint density at radius 2 is 1.38 bits per heavy atom. The van der Waals surface area contributed by atoms with E-state index in [-0.39, 0.29) is 5.82 Å². The van der Waals surface area contributed by atoms with E-state index in [9.17, 15) is 4.39 Å². The molecule has 4 rings (SSSR count). The Balaban J connectivity index is 1.29. The summed E-state index contributed by atoms with van der Waals surface area (Å²) in [7, 11) is 0. The van der Waals surface area contributed by atoms with Crippen molar-refractivity contribution in [2.24, 2.45) is 35.5 Å². The molecule has 0 bridgehead atoms. The molecule has 0 unspecified atom stereocenters. The number of rotatable bonds is 3. The lowest BCUT2D eigenvalue weighted by Gasteiger charge is -2.46. The highest BCUT2D eigenvalue weighted by Crippen LogP contribution is 2.50. The molecule has 3 aliphatic rings. The molecule has 0 radical (unpaired) electrons. The van der Waals surface area contributed by atoms with Crippen molar-refractivity contribution in [2.45, 2.75) is 84.0 Å². The highest BCUT2D eigenvalue weighted by Gasteiger charge is 2.39. The number of fused-ring (bicyclic) bond motifs is 1. The highest BCUT2D eigenvalue weighted by atomic mass is 19.1. The van der Waals surface area contributed by atoms with Crippen LogP contribution in [-0.2, 0) is 0 Å². The van der Waals surface area contributed by atoms with Gasteiger partial charge in [-0.25, -0.2) is 4.39 Å². The first-order valence-corrected chi connectivity index (χ1v) is 11.4. The second-order valence-corrected chi connectivity index (χ2v) is 10.1. The van der Waals surface area contributed by atoms with Gasteiger partial charge in [0.2, 0.25) is 0 Å². The molecule has 0 saturated heterocycles. The molecular weight excluding hydrogens is 319 g/mol. The van der Waals surface area contributed by atoms with Crippen LogP contribution in [0.1, 0.15) is 89.5 Å². The molecule has 26 heavy (non-hydrogen) atoms. The van der Waals surface area contributed by atoms with E-state index in [0.717, 1.165) is 35.5 Å². The molecule has 3 aliphatic carbocycles. The van der Waals surface area contributed by atoms with E-state index in [1.54, 1.807) is 12.1 Å². The average Bonchev–Trinajstić information content (AvgIpc) is 2.67. The lowest BCUT2D eigenvalue weighted by atomic mass is 9.60. The Morgan fingerprint density at radius 1 is 0.769 bits per heavy atom. The van der Waals surface area contributed by atoms with Gasteiger partial charge < -0.3 is 0 Å². The summed E-state index contributed by atoms with van der Waals surface area (Å²) in [6.07, 6.45) is 14.3. The first-order chi connectivity index (χ1) is 12.6. The van der Waals surface area contributed by atoms with Crippen LogP contribution < -0.4 is 0 Å². The Hall–Kier alpha value is -0.850. The van der Waals surface area contributed by atoms with Gasteiger partial charge >= 0.3 is 0 Å². The SMILES string of the molecule is CC(C)[C@H]1CC[C@@H]2C[C@H](C3CCC(c4cccc(F)c4)CC3)CC[C@H]2C1. The van der Waals surface area contributed by atoms with Gasteiger partial charge in [-0.2, -0.15) is 0 Å². The molecular formula is C25H37F. The Morgan fingerprint density at radius 3 is 2.08 bits per heavy atom. The fraction of sp³-hybridized carbons (Fsp3) is 0.760. The van der Waals surface area contributed by atoms with Gasteiger partial charge in [0.05, 0.1) is 0 Å². The summed E-state index contributed by atoms with van der Waals surface area (Å²) >= 11 is 0. The van der Waals surface area contributed by atoms with Crippen LogP contribution in [0.5, 0.6) is 0 Å². The second-order valence-electron chi connectivity index (χ2n) is 10.1. The van der Waals surface area contributed by atoms with E-state index in [0.29, 0.717) is 5.92 Å². The summed E-state index contributed by atoms with van der Waals surface area (Å²) in [4.78, 5) is 0. The molecule has 1 heteroatoms. The first-order valence-electron chi connectivity index (χ1n) is 11.4. The van der Waals surface area contributed by atoms with E-state index in [1.165, 1.54) is 69.8 Å². The third-order valence-electron chi connectivity index (χ3n) is 8.40. The summed E-state index contributed by atoms with van der Waals surface area (Å²) in [5.74, 6) is 6.41. The maximum absolute atomic E-state index is 13.5. The predicted molar refractivity (Wildman–Crippen MR) is 108 cm³/mol. The van der Waals surface area contributed by atoms with Gasteiger partial charge in [0.15, 0.2) is 0 Å². The summed E-state index contributed by atoms with van der Waals surface area (Å²) < 4.78 is 13.5. The highest BCUT2D eigenvalue weighted by molar-refractivity contribution is 5.21. The van der Waals surface area contributed by atoms with Gasteiger partial charge in [-0.1, -0.05) is 26.0 Å². The van der Waals surface area contributed by atoms with Crippen LogP contribution >= 0.6 is 0 Å². The molecule has 1 aromatic carbocycles. The van der Waals surface area contributed by atoms with Crippen molar-refractivity contribution in [3.8, 4) is 0 Å². The number of halogens is 1. The quantitative estimate of drug-likeness (QED) is 0.523. The van der Waals surface area contributed by atoms with Crippen LogP contribution in [-0.4, -0.2) is 0 Å². The largest absolute Gasteiger partial charge is 0.207 e. The average molecular weight is 357 g/mol. The topological polar surface area (TPSA) is 0 Å². The van der Waals surface area contributed by atoms with E-state index in [2.05, 4.69) is 19.9 Å². The van der Waals surface area contributed by atoms with Gasteiger partial charge in [-0.3, -0.25) is 0 Å². The summed E-state index contributed by atoms with van der Waals surface area (Å²) in [5.41, 5.74) is 1.24. The molecule has 3 fully saturated rings. The normalized spacial score (nSPS) is 38.2. The van der Waals surface area contributed by atoms with E-state index in [4.69, 9.17) is 0 Å². The fourth-order valence-corrected chi connectivity index (χ4v) is 6.68. The molecule has 0 aliphatic heterocycles. The molecule has 0 nitrogen and oxygen atoms in total. The van der Waals surface area contributed by atoms with Crippen molar-refractivity contribution in [3.05, 3.63) is 35.6 Å². The molecule has 0 amide bonds. The van der Waals surface area contributed by atoms with Crippen LogP contribution in [0.3, 0.4) is 0 Å². The molecule has 144 valence electrons. The minimum atomic E-state index is -0.0695. The number of benzene rings is 1. The predicted octanol–water partition coefficient (Wildman–Crippen LogP) is 7.59. The summed E-state index contributed by atoms with van der Waals surface area (Å²) in [6.45, 7) is 4.85. The van der Waals surface area contributed by atoms with Crippen LogP contribution in [0.15, 0.2) is 24.3 Å². The van der Waals surface area contributed by atoms with Gasteiger partial charge in [0.25, 0.3) is 0 Å². The summed E-state index contributed by atoms with van der Waals surface area (Å²) in [6, 6.07) is 7.35. The van der Waals surface area contributed by atoms with Crippen molar-refractivity contribution >= 4 is 0 Å². The van der Waals surface area contributed by atoms with E-state index < -0.39 is 0 Å². The van der Waals surface area contributed by atoms with E-state index >= 15 is 0 Å².